The number of hydrogen-bond acceptors (Lipinski definition) is 4. The smallest absolute Gasteiger partial charge is 0.363 e. The lowest BCUT2D eigenvalue weighted by atomic mass is 10.2. The Labute approximate surface area is 121 Å². The van der Waals surface area contributed by atoms with Gasteiger partial charge in [0.25, 0.3) is 0 Å². The molecule has 114 valence electrons. The average Bonchev–Trinajstić information content (AvgIpc) is 2.48. The van der Waals surface area contributed by atoms with Gasteiger partial charge in [-0.2, -0.15) is 0 Å². The maximum Gasteiger partial charge on any atom is 0.363 e. The Kier molecular flexibility index (Phi) is 8.08. The Morgan fingerprint density at radius 2 is 1.55 bits per heavy atom. The molecule has 1 N–H and O–H groups in total. The first-order valence-corrected chi connectivity index (χ1v) is 8.87. The number of aliphatic hydroxyl groups is 1. The molecule has 1 aromatic rings. The van der Waals surface area contributed by atoms with Crippen LogP contribution in [0.1, 0.15) is 50.9 Å². The van der Waals surface area contributed by atoms with Crippen molar-refractivity contribution in [2.45, 2.75) is 45.4 Å². The molecule has 20 heavy (non-hydrogen) atoms. The van der Waals surface area contributed by atoms with E-state index in [9.17, 15) is 9.67 Å². The lowest BCUT2D eigenvalue weighted by Crippen LogP contribution is -2.07. The highest BCUT2D eigenvalue weighted by Crippen LogP contribution is 2.59. The summed E-state index contributed by atoms with van der Waals surface area (Å²) in [6.45, 7) is 4.73. The Balaban J connectivity index is 2.77. The highest BCUT2D eigenvalue weighted by atomic mass is 31.2. The van der Waals surface area contributed by atoms with E-state index in [0.29, 0.717) is 18.8 Å². The van der Waals surface area contributed by atoms with Crippen LogP contribution >= 0.6 is 7.60 Å². The van der Waals surface area contributed by atoms with Crippen LogP contribution in [0, 0.1) is 0 Å². The van der Waals surface area contributed by atoms with E-state index in [1.165, 1.54) is 0 Å². The Morgan fingerprint density at radius 3 is 2.00 bits per heavy atom. The van der Waals surface area contributed by atoms with E-state index in [1.807, 2.05) is 19.9 Å². The van der Waals surface area contributed by atoms with Crippen LogP contribution in [0.25, 0.3) is 0 Å². The van der Waals surface area contributed by atoms with Crippen LogP contribution in [0.2, 0.25) is 0 Å². The third-order valence-corrected chi connectivity index (χ3v) is 4.92. The monoisotopic (exact) mass is 300 g/mol. The zero-order valence-electron chi connectivity index (χ0n) is 12.3. The number of rotatable bonds is 10. The zero-order valence-corrected chi connectivity index (χ0v) is 13.2. The minimum absolute atomic E-state index is 0.337. The molecule has 0 heterocycles. The molecule has 0 bridgehead atoms. The SMILES string of the molecule is CCCCOP(=O)(OCCCC)[C@@H](O)c1ccccc1. The Morgan fingerprint density at radius 1 is 1.05 bits per heavy atom. The van der Waals surface area contributed by atoms with Crippen molar-refractivity contribution in [2.24, 2.45) is 0 Å². The van der Waals surface area contributed by atoms with Gasteiger partial charge in [0.05, 0.1) is 13.2 Å². The van der Waals surface area contributed by atoms with Crippen molar-refractivity contribution in [1.82, 2.24) is 0 Å². The van der Waals surface area contributed by atoms with Gasteiger partial charge in [-0.05, 0) is 18.4 Å². The summed E-state index contributed by atoms with van der Waals surface area (Å²) in [5.41, 5.74) is 0.559. The number of benzene rings is 1. The predicted octanol–water partition coefficient (Wildman–Crippen LogP) is 4.50. The molecular weight excluding hydrogens is 275 g/mol. The van der Waals surface area contributed by atoms with Gasteiger partial charge in [-0.25, -0.2) is 0 Å². The van der Waals surface area contributed by atoms with Crippen LogP contribution in [-0.2, 0) is 13.6 Å². The van der Waals surface area contributed by atoms with E-state index in [1.54, 1.807) is 24.3 Å². The molecule has 0 aliphatic heterocycles. The molecule has 0 aliphatic carbocycles. The van der Waals surface area contributed by atoms with Gasteiger partial charge >= 0.3 is 7.60 Å². The maximum absolute atomic E-state index is 12.8. The predicted molar refractivity (Wildman–Crippen MR) is 80.7 cm³/mol. The summed E-state index contributed by atoms with van der Waals surface area (Å²) in [5.74, 6) is -1.22. The highest BCUT2D eigenvalue weighted by Gasteiger charge is 2.35. The molecule has 0 saturated carbocycles. The highest BCUT2D eigenvalue weighted by molar-refractivity contribution is 7.54. The lowest BCUT2D eigenvalue weighted by molar-refractivity contribution is 0.139. The zero-order chi connectivity index (χ0) is 14.8. The summed E-state index contributed by atoms with van der Waals surface area (Å²) in [7, 11) is -3.54. The standard InChI is InChI=1S/C15H25O4P/c1-3-5-12-18-20(17,19-13-6-4-2)15(16)14-10-8-7-9-11-14/h7-11,15-16H,3-6,12-13H2,1-2H3/t15-/m1/s1. The molecule has 0 radical (unpaired) electrons. The fraction of sp³-hybridized carbons (Fsp3) is 0.600. The molecule has 0 aromatic heterocycles. The molecule has 0 unspecified atom stereocenters. The van der Waals surface area contributed by atoms with Crippen molar-refractivity contribution in [2.75, 3.05) is 13.2 Å². The van der Waals surface area contributed by atoms with Gasteiger partial charge in [0.15, 0.2) is 5.85 Å². The fourth-order valence-corrected chi connectivity index (χ4v) is 3.32. The molecule has 0 fully saturated rings. The normalized spacial score (nSPS) is 13.3. The van der Waals surface area contributed by atoms with Gasteiger partial charge < -0.3 is 14.2 Å². The minimum Gasteiger partial charge on any atom is -0.376 e. The van der Waals surface area contributed by atoms with Crippen molar-refractivity contribution < 1.29 is 18.7 Å². The molecule has 0 spiro atoms. The quantitative estimate of drug-likeness (QED) is 0.510. The van der Waals surface area contributed by atoms with Crippen LogP contribution in [0.5, 0.6) is 0 Å². The second-order valence-corrected chi connectivity index (χ2v) is 6.78. The van der Waals surface area contributed by atoms with Crippen molar-refractivity contribution >= 4 is 7.60 Å². The average molecular weight is 300 g/mol. The molecule has 1 aromatic carbocycles. The largest absolute Gasteiger partial charge is 0.376 e. The van der Waals surface area contributed by atoms with E-state index >= 15 is 0 Å². The number of hydrogen-bond donors (Lipinski definition) is 1. The molecular formula is C15H25O4P. The first-order valence-electron chi connectivity index (χ1n) is 7.26. The molecule has 0 aliphatic rings. The van der Waals surface area contributed by atoms with Crippen molar-refractivity contribution in [3.8, 4) is 0 Å². The molecule has 1 atom stereocenters. The molecule has 4 nitrogen and oxygen atoms in total. The Bertz CT molecular complexity index is 394. The Hall–Kier alpha value is -0.670. The van der Waals surface area contributed by atoms with E-state index in [4.69, 9.17) is 9.05 Å². The molecule has 0 saturated heterocycles. The van der Waals surface area contributed by atoms with Gasteiger partial charge in [-0.1, -0.05) is 57.0 Å². The van der Waals surface area contributed by atoms with Crippen LogP contribution in [-0.4, -0.2) is 18.3 Å². The summed E-state index contributed by atoms with van der Waals surface area (Å²) in [6.07, 6.45) is 3.47. The third-order valence-electron chi connectivity index (χ3n) is 2.94. The van der Waals surface area contributed by atoms with Crippen LogP contribution in [0.3, 0.4) is 0 Å². The second kappa shape index (κ2) is 9.30. The summed E-state index contributed by atoms with van der Waals surface area (Å²) in [5, 5.41) is 10.3. The molecule has 1 rings (SSSR count). The van der Waals surface area contributed by atoms with E-state index in [0.717, 1.165) is 25.7 Å². The van der Waals surface area contributed by atoms with Crippen LogP contribution in [0.15, 0.2) is 30.3 Å². The second-order valence-electron chi connectivity index (χ2n) is 4.70. The van der Waals surface area contributed by atoms with Crippen molar-refractivity contribution in [1.29, 1.82) is 0 Å². The third kappa shape index (κ3) is 5.37. The molecule has 0 amide bonds. The topological polar surface area (TPSA) is 55.8 Å². The van der Waals surface area contributed by atoms with E-state index in [-0.39, 0.29) is 0 Å². The minimum atomic E-state index is -3.54. The van der Waals surface area contributed by atoms with E-state index in [2.05, 4.69) is 0 Å². The van der Waals surface area contributed by atoms with E-state index < -0.39 is 13.4 Å². The maximum atomic E-state index is 12.8. The first-order chi connectivity index (χ1) is 9.64. The van der Waals surface area contributed by atoms with Gasteiger partial charge in [0.1, 0.15) is 0 Å². The number of unbranched alkanes of at least 4 members (excludes halogenated alkanes) is 2. The lowest BCUT2D eigenvalue weighted by Gasteiger charge is -2.23. The summed E-state index contributed by atoms with van der Waals surface area (Å²) in [6, 6.07) is 8.88. The van der Waals surface area contributed by atoms with Crippen LogP contribution in [0.4, 0.5) is 0 Å². The van der Waals surface area contributed by atoms with Crippen molar-refractivity contribution in [3.05, 3.63) is 35.9 Å². The van der Waals surface area contributed by atoms with Crippen LogP contribution < -0.4 is 0 Å². The van der Waals surface area contributed by atoms with Gasteiger partial charge in [0, 0.05) is 0 Å². The summed E-state index contributed by atoms with van der Waals surface area (Å²) < 4.78 is 23.6. The van der Waals surface area contributed by atoms with Gasteiger partial charge in [-0.3, -0.25) is 4.57 Å². The van der Waals surface area contributed by atoms with Gasteiger partial charge in [0.2, 0.25) is 0 Å². The number of aliphatic hydroxyl groups excluding tert-OH is 1. The fourth-order valence-electron chi connectivity index (χ4n) is 1.66. The van der Waals surface area contributed by atoms with Crippen molar-refractivity contribution in [3.63, 3.8) is 0 Å². The summed E-state index contributed by atoms with van der Waals surface area (Å²) >= 11 is 0. The first kappa shape index (κ1) is 17.4. The van der Waals surface area contributed by atoms with Gasteiger partial charge in [-0.15, -0.1) is 0 Å². The summed E-state index contributed by atoms with van der Waals surface area (Å²) in [4.78, 5) is 0. The molecule has 5 heteroatoms.